The van der Waals surface area contributed by atoms with Crippen molar-refractivity contribution in [2.75, 3.05) is 20.6 Å². The van der Waals surface area contributed by atoms with Crippen molar-refractivity contribution < 1.29 is 9.18 Å². The van der Waals surface area contributed by atoms with Gasteiger partial charge in [0.2, 0.25) is 0 Å². The summed E-state index contributed by atoms with van der Waals surface area (Å²) in [6, 6.07) is 7.27. The van der Waals surface area contributed by atoms with Crippen LogP contribution < -0.4 is 0 Å². The fourth-order valence-corrected chi connectivity index (χ4v) is 3.48. The highest BCUT2D eigenvalue weighted by molar-refractivity contribution is 5.91. The minimum absolute atomic E-state index is 0.137. The molecule has 1 atom stereocenters. The number of likely N-dealkylation sites (tertiary alicyclic amines) is 1. The van der Waals surface area contributed by atoms with Gasteiger partial charge in [-0.2, -0.15) is 0 Å². The van der Waals surface area contributed by atoms with Crippen LogP contribution in [0.3, 0.4) is 0 Å². The molecule has 1 aromatic carbocycles. The minimum Gasteiger partial charge on any atom is -0.343 e. The molecule has 2 aromatic rings. The lowest BCUT2D eigenvalue weighted by Crippen LogP contribution is -2.39. The number of aryl methyl sites for hydroxylation is 1. The minimum atomic E-state index is -0.184. The van der Waals surface area contributed by atoms with Gasteiger partial charge in [-0.1, -0.05) is 23.8 Å². The van der Waals surface area contributed by atoms with Crippen LogP contribution in [0.15, 0.2) is 30.5 Å². The quantitative estimate of drug-likeness (QED) is 0.795. The molecule has 0 saturated carbocycles. The molecule has 0 spiro atoms. The Bertz CT molecular complexity index is 745. The topological polar surface area (TPSA) is 54.3 Å². The third kappa shape index (κ3) is 4.66. The third-order valence-electron chi connectivity index (χ3n) is 4.88. The highest BCUT2D eigenvalue weighted by Crippen LogP contribution is 2.22. The Labute approximate surface area is 153 Å². The van der Waals surface area contributed by atoms with Crippen LogP contribution in [0.4, 0.5) is 4.39 Å². The Morgan fingerprint density at radius 2 is 2.19 bits per heavy atom. The fourth-order valence-electron chi connectivity index (χ4n) is 3.48. The Hall–Kier alpha value is -2.28. The van der Waals surface area contributed by atoms with Gasteiger partial charge in [-0.3, -0.25) is 14.4 Å². The average Bonchev–Trinajstić information content (AvgIpc) is 3.09. The van der Waals surface area contributed by atoms with Crippen LogP contribution in [-0.2, 0) is 13.1 Å². The zero-order valence-electron chi connectivity index (χ0n) is 15.4. The molecule has 2 heterocycles. The summed E-state index contributed by atoms with van der Waals surface area (Å²) in [5.74, 6) is -0.321. The Morgan fingerprint density at radius 3 is 2.96 bits per heavy atom. The summed E-state index contributed by atoms with van der Waals surface area (Å²) in [7, 11) is 3.40. The van der Waals surface area contributed by atoms with Gasteiger partial charge in [0.25, 0.3) is 5.91 Å². The predicted molar refractivity (Wildman–Crippen MR) is 97.1 cm³/mol. The average molecular weight is 359 g/mol. The van der Waals surface area contributed by atoms with Crippen molar-refractivity contribution in [1.29, 1.82) is 0 Å². The van der Waals surface area contributed by atoms with Crippen LogP contribution >= 0.6 is 0 Å². The summed E-state index contributed by atoms with van der Waals surface area (Å²) >= 11 is 0. The Balaban J connectivity index is 1.59. The summed E-state index contributed by atoms with van der Waals surface area (Å²) in [4.78, 5) is 15.8. The summed E-state index contributed by atoms with van der Waals surface area (Å²) in [6.45, 7) is 2.52. The predicted octanol–water partition coefficient (Wildman–Crippen LogP) is 2.56. The van der Waals surface area contributed by atoms with Gasteiger partial charge in [-0.15, -0.1) is 5.10 Å². The fraction of sp³-hybridized carbons (Fsp3) is 0.526. The van der Waals surface area contributed by atoms with Gasteiger partial charge < -0.3 is 4.90 Å². The van der Waals surface area contributed by atoms with Gasteiger partial charge in [0.15, 0.2) is 5.69 Å². The number of nitrogens with zero attached hydrogens (tertiary/aromatic N) is 5. The van der Waals surface area contributed by atoms with E-state index in [1.807, 2.05) is 6.07 Å². The van der Waals surface area contributed by atoms with E-state index in [1.54, 1.807) is 37.1 Å². The number of amides is 1. The van der Waals surface area contributed by atoms with Crippen molar-refractivity contribution >= 4 is 5.91 Å². The Kier molecular flexibility index (Phi) is 5.98. The van der Waals surface area contributed by atoms with Gasteiger partial charge in [0.1, 0.15) is 5.82 Å². The molecule has 1 aliphatic heterocycles. The van der Waals surface area contributed by atoms with E-state index in [0.717, 1.165) is 38.0 Å². The molecule has 0 N–H and O–H groups in total. The number of carbonyl (C=O) groups is 1. The first-order valence-electron chi connectivity index (χ1n) is 9.13. The monoisotopic (exact) mass is 359 g/mol. The maximum absolute atomic E-state index is 13.4. The van der Waals surface area contributed by atoms with Crippen molar-refractivity contribution in [2.45, 2.75) is 44.8 Å². The van der Waals surface area contributed by atoms with Crippen LogP contribution in [0.5, 0.6) is 0 Å². The Morgan fingerprint density at radius 1 is 1.35 bits per heavy atom. The van der Waals surface area contributed by atoms with Crippen molar-refractivity contribution in [1.82, 2.24) is 24.8 Å². The number of piperidine rings is 1. The van der Waals surface area contributed by atoms with Crippen molar-refractivity contribution in [3.63, 3.8) is 0 Å². The molecule has 1 aromatic heterocycles. The molecule has 0 aliphatic carbocycles. The van der Waals surface area contributed by atoms with Gasteiger partial charge in [-0.05, 0) is 43.5 Å². The molecule has 6 nitrogen and oxygen atoms in total. The van der Waals surface area contributed by atoms with E-state index >= 15 is 0 Å². The van der Waals surface area contributed by atoms with E-state index in [4.69, 9.17) is 0 Å². The largest absolute Gasteiger partial charge is 0.343 e. The second-order valence-corrected chi connectivity index (χ2v) is 7.11. The molecule has 7 heteroatoms. The maximum atomic E-state index is 13.4. The second kappa shape index (κ2) is 8.40. The highest BCUT2D eigenvalue weighted by atomic mass is 19.1. The number of benzene rings is 1. The molecule has 1 saturated heterocycles. The lowest BCUT2D eigenvalue weighted by Gasteiger charge is -2.35. The third-order valence-corrected chi connectivity index (χ3v) is 4.88. The second-order valence-electron chi connectivity index (χ2n) is 7.11. The summed E-state index contributed by atoms with van der Waals surface area (Å²) in [6.07, 6.45) is 6.17. The van der Waals surface area contributed by atoms with Gasteiger partial charge in [0, 0.05) is 33.2 Å². The maximum Gasteiger partial charge on any atom is 0.275 e. The van der Waals surface area contributed by atoms with E-state index < -0.39 is 0 Å². The summed E-state index contributed by atoms with van der Waals surface area (Å²) in [5, 5.41) is 8.04. The molecule has 1 fully saturated rings. The lowest BCUT2D eigenvalue weighted by molar-refractivity contribution is 0.0822. The van der Waals surface area contributed by atoms with Crippen molar-refractivity contribution in [3.05, 3.63) is 47.5 Å². The van der Waals surface area contributed by atoms with E-state index in [-0.39, 0.29) is 11.7 Å². The molecule has 1 aliphatic rings. The van der Waals surface area contributed by atoms with E-state index in [9.17, 15) is 9.18 Å². The van der Waals surface area contributed by atoms with E-state index in [2.05, 4.69) is 15.2 Å². The van der Waals surface area contributed by atoms with Crippen LogP contribution in [0.1, 0.15) is 41.7 Å². The zero-order valence-corrected chi connectivity index (χ0v) is 15.4. The molecule has 1 amide bonds. The van der Waals surface area contributed by atoms with Gasteiger partial charge in [-0.25, -0.2) is 4.39 Å². The summed E-state index contributed by atoms with van der Waals surface area (Å²) < 4.78 is 15.2. The van der Waals surface area contributed by atoms with Crippen LogP contribution in [0.2, 0.25) is 0 Å². The van der Waals surface area contributed by atoms with Crippen LogP contribution in [-0.4, -0.2) is 57.4 Å². The van der Waals surface area contributed by atoms with Crippen LogP contribution in [0, 0.1) is 5.82 Å². The number of hydrogen-bond acceptors (Lipinski definition) is 4. The van der Waals surface area contributed by atoms with Crippen molar-refractivity contribution in [3.8, 4) is 0 Å². The molecule has 0 bridgehead atoms. The number of hydrogen-bond donors (Lipinski definition) is 0. The molecule has 140 valence electrons. The molecule has 1 unspecified atom stereocenters. The first kappa shape index (κ1) is 18.5. The molecule has 3 rings (SSSR count). The normalized spacial score (nSPS) is 18.0. The smallest absolute Gasteiger partial charge is 0.275 e. The first-order valence-corrected chi connectivity index (χ1v) is 9.13. The molecule has 26 heavy (non-hydrogen) atoms. The number of rotatable bonds is 6. The molecular formula is C19H26FN5O. The van der Waals surface area contributed by atoms with E-state index in [1.165, 1.54) is 23.8 Å². The van der Waals surface area contributed by atoms with E-state index in [0.29, 0.717) is 11.7 Å². The number of aromatic nitrogens is 3. The molecular weight excluding hydrogens is 333 g/mol. The van der Waals surface area contributed by atoms with Gasteiger partial charge in [0.05, 0.1) is 6.20 Å². The highest BCUT2D eigenvalue weighted by Gasteiger charge is 2.23. The number of carbonyl (C=O) groups excluding carboxylic acids is 1. The van der Waals surface area contributed by atoms with Crippen LogP contribution in [0.25, 0.3) is 0 Å². The number of halogens is 1. The van der Waals surface area contributed by atoms with Crippen molar-refractivity contribution in [2.24, 2.45) is 0 Å². The molecule has 0 radical (unpaired) electrons. The SMILES string of the molecule is CN(C)C(=O)c1cn(CCC2CCCCN2Cc2cccc(F)c2)nn1. The lowest BCUT2D eigenvalue weighted by atomic mass is 9.98. The standard InChI is InChI=1S/C19H26FN5O/c1-23(2)19(26)18-14-25(22-21-18)11-9-17-8-3-4-10-24(17)13-15-6-5-7-16(20)12-15/h5-7,12,14,17H,3-4,8-11,13H2,1-2H3. The first-order chi connectivity index (χ1) is 12.5. The summed E-state index contributed by atoms with van der Waals surface area (Å²) in [5.41, 5.74) is 1.38. The zero-order chi connectivity index (χ0) is 18.5. The van der Waals surface area contributed by atoms with Gasteiger partial charge >= 0.3 is 0 Å².